The third kappa shape index (κ3) is 2.18. The number of alkyl halides is 3. The van der Waals surface area contributed by atoms with Crippen LogP contribution in [0, 0.1) is 0 Å². The van der Waals surface area contributed by atoms with Gasteiger partial charge in [0.2, 0.25) is 5.91 Å². The van der Waals surface area contributed by atoms with Crippen LogP contribution in [0.2, 0.25) is 0 Å². The summed E-state index contributed by atoms with van der Waals surface area (Å²) in [6, 6.07) is 10.7. The van der Waals surface area contributed by atoms with Crippen molar-refractivity contribution < 1.29 is 18.0 Å². The molecule has 1 aliphatic rings. The highest BCUT2D eigenvalue weighted by Gasteiger charge is 2.32. The second-order valence-electron chi connectivity index (χ2n) is 5.51. The van der Waals surface area contributed by atoms with E-state index in [9.17, 15) is 18.0 Å². The second-order valence-corrected chi connectivity index (χ2v) is 5.51. The Kier molecular flexibility index (Phi) is 2.78. The molecule has 0 fully saturated rings. The van der Waals surface area contributed by atoms with Crippen LogP contribution < -0.4 is 5.32 Å². The van der Waals surface area contributed by atoms with Crippen molar-refractivity contribution in [1.82, 2.24) is 4.98 Å². The Morgan fingerprint density at radius 2 is 1.83 bits per heavy atom. The quantitative estimate of drug-likeness (QED) is 0.636. The molecule has 3 aromatic rings. The summed E-state index contributed by atoms with van der Waals surface area (Å²) < 4.78 is 39.1. The minimum atomic E-state index is -4.43. The largest absolute Gasteiger partial charge is 0.416 e. The molecule has 2 heterocycles. The van der Waals surface area contributed by atoms with Gasteiger partial charge in [0.1, 0.15) is 0 Å². The predicted octanol–water partition coefficient (Wildman–Crippen LogP) is 4.35. The summed E-state index contributed by atoms with van der Waals surface area (Å²) >= 11 is 0. The predicted molar refractivity (Wildman–Crippen MR) is 81.1 cm³/mol. The molecule has 1 aliphatic heterocycles. The molecule has 116 valence electrons. The molecule has 0 radical (unpaired) electrons. The zero-order valence-electron chi connectivity index (χ0n) is 11.8. The molecule has 1 amide bonds. The van der Waals surface area contributed by atoms with Crippen molar-refractivity contribution in [1.29, 1.82) is 0 Å². The van der Waals surface area contributed by atoms with E-state index < -0.39 is 11.7 Å². The summed E-state index contributed by atoms with van der Waals surface area (Å²) in [6.45, 7) is 0. The molecule has 0 atom stereocenters. The molecule has 0 saturated heterocycles. The van der Waals surface area contributed by atoms with Crippen LogP contribution in [0.15, 0.2) is 42.5 Å². The molecule has 23 heavy (non-hydrogen) atoms. The minimum Gasteiger partial charge on any atom is -0.354 e. The van der Waals surface area contributed by atoms with E-state index in [1.54, 1.807) is 0 Å². The molecule has 0 aliphatic carbocycles. The van der Waals surface area contributed by atoms with Gasteiger partial charge in [0.15, 0.2) is 0 Å². The first-order valence-electron chi connectivity index (χ1n) is 7.04. The van der Waals surface area contributed by atoms with E-state index in [-0.39, 0.29) is 12.3 Å². The normalized spacial score (nSPS) is 14.1. The monoisotopic (exact) mass is 316 g/mol. The Labute approximate surface area is 129 Å². The van der Waals surface area contributed by atoms with Crippen LogP contribution >= 0.6 is 0 Å². The van der Waals surface area contributed by atoms with Gasteiger partial charge in [-0.15, -0.1) is 0 Å². The van der Waals surface area contributed by atoms with Crippen LogP contribution in [0.4, 0.5) is 18.9 Å². The third-order valence-electron chi connectivity index (χ3n) is 4.04. The maximum Gasteiger partial charge on any atom is 0.416 e. The first-order valence-corrected chi connectivity index (χ1v) is 7.04. The fraction of sp³-hybridized carbons (Fsp3) is 0.118. The number of anilines is 1. The van der Waals surface area contributed by atoms with Gasteiger partial charge >= 0.3 is 6.18 Å². The number of carbonyl (C=O) groups excluding carboxylic acids is 1. The Bertz CT molecular complexity index is 941. The molecular weight excluding hydrogens is 305 g/mol. The summed E-state index contributed by atoms with van der Waals surface area (Å²) in [5, 5.41) is 3.52. The van der Waals surface area contributed by atoms with E-state index in [1.807, 2.05) is 24.3 Å². The van der Waals surface area contributed by atoms with Crippen molar-refractivity contribution in [2.24, 2.45) is 0 Å². The summed E-state index contributed by atoms with van der Waals surface area (Å²) in [7, 11) is 0. The highest BCUT2D eigenvalue weighted by Crippen LogP contribution is 2.40. The minimum absolute atomic E-state index is 0.120. The Morgan fingerprint density at radius 3 is 2.61 bits per heavy atom. The third-order valence-corrected chi connectivity index (χ3v) is 4.04. The number of rotatable bonds is 0. The number of fused-ring (bicyclic) bond motifs is 5. The van der Waals surface area contributed by atoms with Gasteiger partial charge in [-0.2, -0.15) is 13.2 Å². The van der Waals surface area contributed by atoms with Gasteiger partial charge < -0.3 is 10.3 Å². The number of halogens is 3. The lowest BCUT2D eigenvalue weighted by Gasteiger charge is -2.12. The smallest absolute Gasteiger partial charge is 0.354 e. The molecule has 2 N–H and O–H groups in total. The molecule has 4 rings (SSSR count). The SMILES string of the molecule is O=C1Cc2c([nH]c3ccccc23)-c2cc(C(F)(F)F)ccc2N1. The number of H-pyrrole nitrogens is 1. The van der Waals surface area contributed by atoms with E-state index in [2.05, 4.69) is 10.3 Å². The number of benzene rings is 2. The maximum atomic E-state index is 13.0. The average Bonchev–Trinajstić information content (AvgIpc) is 2.78. The van der Waals surface area contributed by atoms with Gasteiger partial charge in [-0.3, -0.25) is 4.79 Å². The summed E-state index contributed by atoms with van der Waals surface area (Å²) in [5.41, 5.74) is 2.08. The van der Waals surface area contributed by atoms with Gasteiger partial charge in [0, 0.05) is 16.5 Å². The topological polar surface area (TPSA) is 44.9 Å². The standard InChI is InChI=1S/C17H11F3N2O/c18-17(19,20)9-5-6-14-12(7-9)16-11(8-15(23)21-14)10-3-1-2-4-13(10)22-16/h1-7,22H,8H2,(H,21,23). The highest BCUT2D eigenvalue weighted by molar-refractivity contribution is 6.05. The molecule has 2 aromatic carbocycles. The van der Waals surface area contributed by atoms with E-state index in [0.717, 1.165) is 28.6 Å². The van der Waals surface area contributed by atoms with Crippen LogP contribution in [0.5, 0.6) is 0 Å². The second kappa shape index (κ2) is 4.62. The van der Waals surface area contributed by atoms with Crippen molar-refractivity contribution in [2.75, 3.05) is 5.32 Å². The lowest BCUT2D eigenvalue weighted by molar-refractivity contribution is -0.137. The number of hydrogen-bond donors (Lipinski definition) is 2. The van der Waals surface area contributed by atoms with Crippen molar-refractivity contribution in [3.8, 4) is 11.3 Å². The lowest BCUT2D eigenvalue weighted by atomic mass is 10.0. The molecular formula is C17H11F3N2O. The maximum absolute atomic E-state index is 13.0. The van der Waals surface area contributed by atoms with Crippen LogP contribution in [0.1, 0.15) is 11.1 Å². The van der Waals surface area contributed by atoms with E-state index >= 15 is 0 Å². The number of hydrogen-bond acceptors (Lipinski definition) is 1. The zero-order valence-corrected chi connectivity index (χ0v) is 11.8. The molecule has 1 aromatic heterocycles. The van der Waals surface area contributed by atoms with E-state index in [0.29, 0.717) is 16.9 Å². The molecule has 0 saturated carbocycles. The van der Waals surface area contributed by atoms with E-state index in [4.69, 9.17) is 0 Å². The fourth-order valence-electron chi connectivity index (χ4n) is 3.00. The number of aromatic amines is 1. The number of para-hydroxylation sites is 1. The number of carbonyl (C=O) groups is 1. The molecule has 0 spiro atoms. The highest BCUT2D eigenvalue weighted by atomic mass is 19.4. The molecule has 0 unspecified atom stereocenters. The van der Waals surface area contributed by atoms with Gasteiger partial charge in [-0.1, -0.05) is 18.2 Å². The van der Waals surface area contributed by atoms with Crippen LogP contribution in [0.3, 0.4) is 0 Å². The van der Waals surface area contributed by atoms with Crippen molar-refractivity contribution in [2.45, 2.75) is 12.6 Å². The van der Waals surface area contributed by atoms with Gasteiger partial charge in [-0.05, 0) is 29.8 Å². The van der Waals surface area contributed by atoms with E-state index in [1.165, 1.54) is 6.07 Å². The summed E-state index contributed by atoms with van der Waals surface area (Å²) in [5.74, 6) is -0.241. The average molecular weight is 316 g/mol. The van der Waals surface area contributed by atoms with Gasteiger partial charge in [0.05, 0.1) is 23.4 Å². The number of aromatic nitrogens is 1. The lowest BCUT2D eigenvalue weighted by Crippen LogP contribution is -2.13. The summed E-state index contributed by atoms with van der Waals surface area (Å²) in [4.78, 5) is 15.2. The zero-order chi connectivity index (χ0) is 16.2. The van der Waals surface area contributed by atoms with Gasteiger partial charge in [-0.25, -0.2) is 0 Å². The van der Waals surface area contributed by atoms with Crippen molar-refractivity contribution in [3.63, 3.8) is 0 Å². The first kappa shape index (κ1) is 13.9. The number of nitrogens with one attached hydrogen (secondary N) is 2. The molecule has 6 heteroatoms. The molecule has 3 nitrogen and oxygen atoms in total. The first-order chi connectivity index (χ1) is 10.9. The Morgan fingerprint density at radius 1 is 1.04 bits per heavy atom. The van der Waals surface area contributed by atoms with Crippen LogP contribution in [-0.4, -0.2) is 10.9 Å². The summed E-state index contributed by atoms with van der Waals surface area (Å²) in [6.07, 6.45) is -4.31. The van der Waals surface area contributed by atoms with Crippen molar-refractivity contribution >= 4 is 22.5 Å². The van der Waals surface area contributed by atoms with Crippen LogP contribution in [-0.2, 0) is 17.4 Å². The van der Waals surface area contributed by atoms with Crippen LogP contribution in [0.25, 0.3) is 22.2 Å². The fourth-order valence-corrected chi connectivity index (χ4v) is 3.00. The molecule has 0 bridgehead atoms. The number of amides is 1. The Balaban J connectivity index is 2.04. The van der Waals surface area contributed by atoms with Crippen molar-refractivity contribution in [3.05, 3.63) is 53.6 Å². The Hall–Kier alpha value is -2.76. The van der Waals surface area contributed by atoms with Gasteiger partial charge in [0.25, 0.3) is 0 Å².